The van der Waals surface area contributed by atoms with Crippen LogP contribution in [0.2, 0.25) is 0 Å². The fourth-order valence-electron chi connectivity index (χ4n) is 5.81. The molecule has 1 amide bonds. The van der Waals surface area contributed by atoms with E-state index in [-0.39, 0.29) is 18.4 Å². The second kappa shape index (κ2) is 14.1. The van der Waals surface area contributed by atoms with Crippen molar-refractivity contribution in [3.05, 3.63) is 96.1 Å². The van der Waals surface area contributed by atoms with Gasteiger partial charge in [-0.25, -0.2) is 4.98 Å². The molecule has 3 aromatic carbocycles. The summed E-state index contributed by atoms with van der Waals surface area (Å²) in [4.78, 5) is 24.3. The Balaban J connectivity index is 1.24. The first-order valence-electron chi connectivity index (χ1n) is 14.8. The van der Waals surface area contributed by atoms with Gasteiger partial charge in [-0.2, -0.15) is 0 Å². The van der Waals surface area contributed by atoms with Crippen LogP contribution in [0, 0.1) is 0 Å². The van der Waals surface area contributed by atoms with Gasteiger partial charge in [0.1, 0.15) is 0 Å². The summed E-state index contributed by atoms with van der Waals surface area (Å²) in [5.74, 6) is 0.864. The lowest BCUT2D eigenvalue weighted by Gasteiger charge is -2.28. The summed E-state index contributed by atoms with van der Waals surface area (Å²) in [7, 11) is 1.86. The zero-order valence-corrected chi connectivity index (χ0v) is 24.4. The van der Waals surface area contributed by atoms with Crippen LogP contribution in [0.4, 0.5) is 19.1 Å². The number of carbonyl (C=O) groups is 1. The molecule has 1 saturated heterocycles. The first kappa shape index (κ1) is 30.6. The Morgan fingerprint density at radius 3 is 2.35 bits per heavy atom. The van der Waals surface area contributed by atoms with E-state index in [4.69, 9.17) is 4.98 Å². The quantitative estimate of drug-likeness (QED) is 0.213. The molecule has 0 saturated carbocycles. The number of likely N-dealkylation sites (N-methyl/N-ethyl adjacent to an activating group) is 1. The summed E-state index contributed by atoms with van der Waals surface area (Å²) in [6.45, 7) is 4.26. The molecule has 0 radical (unpaired) electrons. The lowest BCUT2D eigenvalue weighted by Crippen LogP contribution is -2.35. The summed E-state index contributed by atoms with van der Waals surface area (Å²) in [5, 5.41) is 0. The van der Waals surface area contributed by atoms with E-state index in [0.29, 0.717) is 24.6 Å². The third-order valence-electron chi connectivity index (χ3n) is 8.01. The molecule has 1 aromatic heterocycles. The van der Waals surface area contributed by atoms with Gasteiger partial charge in [0.15, 0.2) is 0 Å². The Labute approximate surface area is 250 Å². The molecular formula is C33H38F3N5O2. The number of ether oxygens (including phenoxy) is 1. The predicted octanol–water partition coefficient (Wildman–Crippen LogP) is 6.03. The summed E-state index contributed by atoms with van der Waals surface area (Å²) in [5.41, 5.74) is 3.44. The third-order valence-corrected chi connectivity index (χ3v) is 8.01. The van der Waals surface area contributed by atoms with Gasteiger partial charge < -0.3 is 19.3 Å². The Bertz CT molecular complexity index is 1460. The van der Waals surface area contributed by atoms with Crippen molar-refractivity contribution in [3.63, 3.8) is 0 Å². The van der Waals surface area contributed by atoms with Gasteiger partial charge in [0.25, 0.3) is 5.91 Å². The molecule has 2 heterocycles. The monoisotopic (exact) mass is 593 g/mol. The lowest BCUT2D eigenvalue weighted by atomic mass is 9.94. The molecule has 43 heavy (non-hydrogen) atoms. The normalized spacial score (nSPS) is 15.4. The van der Waals surface area contributed by atoms with Crippen molar-refractivity contribution >= 4 is 22.9 Å². The number of carbonyl (C=O) groups excluding carboxylic acids is 1. The maximum atomic E-state index is 13.1. The summed E-state index contributed by atoms with van der Waals surface area (Å²) in [6, 6.07) is 27.2. The number of rotatable bonds is 11. The molecule has 1 aliphatic rings. The fourth-order valence-corrected chi connectivity index (χ4v) is 5.81. The van der Waals surface area contributed by atoms with Crippen LogP contribution < -0.4 is 4.90 Å². The van der Waals surface area contributed by atoms with E-state index in [1.807, 2.05) is 89.3 Å². The molecule has 4 aromatic rings. The number of amides is 1. The maximum absolute atomic E-state index is 13.1. The molecular weight excluding hydrogens is 555 g/mol. The maximum Gasteiger partial charge on any atom is 0.522 e. The largest absolute Gasteiger partial charge is 0.522 e. The van der Waals surface area contributed by atoms with Crippen LogP contribution in [0.1, 0.15) is 34.7 Å². The number of halogens is 3. The van der Waals surface area contributed by atoms with Crippen LogP contribution in [0.3, 0.4) is 0 Å². The topological polar surface area (TPSA) is 53.8 Å². The number of aromatic nitrogens is 2. The minimum atomic E-state index is -4.67. The van der Waals surface area contributed by atoms with Gasteiger partial charge in [0.2, 0.25) is 5.95 Å². The molecule has 5 rings (SSSR count). The average molecular weight is 594 g/mol. The van der Waals surface area contributed by atoms with Crippen molar-refractivity contribution in [2.75, 3.05) is 57.8 Å². The number of benzene rings is 3. The second-order valence-corrected chi connectivity index (χ2v) is 11.0. The molecule has 1 fully saturated rings. The highest BCUT2D eigenvalue weighted by atomic mass is 19.4. The number of anilines is 1. The Morgan fingerprint density at radius 1 is 0.907 bits per heavy atom. The van der Waals surface area contributed by atoms with E-state index in [2.05, 4.69) is 26.7 Å². The zero-order valence-electron chi connectivity index (χ0n) is 24.4. The first-order chi connectivity index (χ1) is 20.8. The molecule has 10 heteroatoms. The number of nitrogens with zero attached hydrogens (tertiary/aromatic N) is 5. The Hall–Kier alpha value is -3.89. The minimum Gasteiger partial charge on any atom is -0.341 e. The van der Waals surface area contributed by atoms with Crippen molar-refractivity contribution < 1.29 is 22.7 Å². The molecule has 1 aliphatic heterocycles. The molecule has 0 aliphatic carbocycles. The summed E-state index contributed by atoms with van der Waals surface area (Å²) < 4.78 is 44.0. The number of imidazole rings is 1. The number of para-hydroxylation sites is 2. The minimum absolute atomic E-state index is 0.00969. The van der Waals surface area contributed by atoms with Crippen molar-refractivity contribution in [1.29, 1.82) is 0 Å². The van der Waals surface area contributed by atoms with Gasteiger partial charge in [-0.3, -0.25) is 9.53 Å². The number of hydrogen-bond donors (Lipinski definition) is 0. The van der Waals surface area contributed by atoms with E-state index in [1.165, 1.54) is 5.56 Å². The number of alkyl halides is 3. The van der Waals surface area contributed by atoms with E-state index in [9.17, 15) is 18.0 Å². The van der Waals surface area contributed by atoms with Crippen molar-refractivity contribution in [2.45, 2.75) is 31.7 Å². The van der Waals surface area contributed by atoms with Crippen LogP contribution in [-0.2, 0) is 11.3 Å². The fraction of sp³-hybridized carbons (Fsp3) is 0.394. The molecule has 0 N–H and O–H groups in total. The number of fused-ring (bicyclic) bond motifs is 1. The van der Waals surface area contributed by atoms with E-state index < -0.39 is 13.0 Å². The Morgan fingerprint density at radius 2 is 1.60 bits per heavy atom. The molecule has 7 nitrogen and oxygen atoms in total. The highest BCUT2D eigenvalue weighted by molar-refractivity contribution is 5.94. The SMILES string of the molecule is CN(CC(CCN1CCCN(c2nc3ccccc3n2CCOC(F)(F)F)CC1)c1ccccc1)C(=O)c1ccccc1. The second-order valence-electron chi connectivity index (χ2n) is 11.0. The van der Waals surface area contributed by atoms with Gasteiger partial charge >= 0.3 is 6.36 Å². The van der Waals surface area contributed by atoms with E-state index in [1.54, 1.807) is 0 Å². The molecule has 1 atom stereocenters. The third kappa shape index (κ3) is 8.14. The van der Waals surface area contributed by atoms with E-state index >= 15 is 0 Å². The van der Waals surface area contributed by atoms with Crippen molar-refractivity contribution in [2.24, 2.45) is 0 Å². The lowest BCUT2D eigenvalue weighted by molar-refractivity contribution is -0.325. The molecule has 1 unspecified atom stereocenters. The van der Waals surface area contributed by atoms with Gasteiger partial charge in [0, 0.05) is 51.3 Å². The van der Waals surface area contributed by atoms with Crippen LogP contribution in [-0.4, -0.2) is 84.5 Å². The predicted molar refractivity (Wildman–Crippen MR) is 162 cm³/mol. The van der Waals surface area contributed by atoms with Crippen molar-refractivity contribution in [1.82, 2.24) is 19.4 Å². The summed E-state index contributed by atoms with van der Waals surface area (Å²) >= 11 is 0. The van der Waals surface area contributed by atoms with Crippen molar-refractivity contribution in [3.8, 4) is 0 Å². The highest BCUT2D eigenvalue weighted by Gasteiger charge is 2.29. The van der Waals surface area contributed by atoms with E-state index in [0.717, 1.165) is 50.1 Å². The smallest absolute Gasteiger partial charge is 0.341 e. The highest BCUT2D eigenvalue weighted by Crippen LogP contribution is 2.26. The van der Waals surface area contributed by atoms with Gasteiger partial charge in [-0.15, -0.1) is 13.2 Å². The van der Waals surface area contributed by atoms with Crippen LogP contribution in [0.25, 0.3) is 11.0 Å². The standard InChI is InChI=1S/C33H38F3N5O2/c1-38(31(42)27-13-6-3-7-14-27)25-28(26-11-4-2-5-12-26)17-20-39-18-10-19-40(22-21-39)32-37-29-15-8-9-16-30(29)41(32)23-24-43-33(34,35)36/h2-9,11-16,28H,10,17-25H2,1H3. The summed E-state index contributed by atoms with van der Waals surface area (Å²) in [6.07, 6.45) is -2.87. The molecule has 228 valence electrons. The first-order valence-corrected chi connectivity index (χ1v) is 14.8. The Kier molecular flexibility index (Phi) is 9.99. The van der Waals surface area contributed by atoms with Gasteiger partial charge in [-0.1, -0.05) is 60.7 Å². The zero-order chi connectivity index (χ0) is 30.2. The number of hydrogen-bond acceptors (Lipinski definition) is 5. The van der Waals surface area contributed by atoms with Crippen LogP contribution >= 0.6 is 0 Å². The van der Waals surface area contributed by atoms with Gasteiger partial charge in [0.05, 0.1) is 17.6 Å². The molecule has 0 spiro atoms. The average Bonchev–Trinajstić information content (AvgIpc) is 3.21. The molecule has 0 bridgehead atoms. The van der Waals surface area contributed by atoms with Crippen LogP contribution in [0.5, 0.6) is 0 Å². The van der Waals surface area contributed by atoms with Gasteiger partial charge in [-0.05, 0) is 55.8 Å². The van der Waals surface area contributed by atoms with Crippen LogP contribution in [0.15, 0.2) is 84.9 Å².